The Kier molecular flexibility index (Phi) is 8.93. The van der Waals surface area contributed by atoms with Gasteiger partial charge in [-0.05, 0) is 23.8 Å². The summed E-state index contributed by atoms with van der Waals surface area (Å²) in [6.07, 6.45) is 2.31. The standard InChI is InChI=1S/C10H14.C5H12O.H2/c1-3-9(2)10-7-5-4-6-8-10;1-3-5(2)4-6;/h4-9H,3H2,1-2H3;5-6H,3-4H2,1-2H3;1H/i;;1+1. The lowest BCUT2D eigenvalue weighted by molar-refractivity contribution is 0.234. The number of aliphatic hydroxyl groups is 1. The Labute approximate surface area is 102 Å². The van der Waals surface area contributed by atoms with E-state index in [4.69, 9.17) is 5.11 Å². The maximum Gasteiger partial charge on any atom is 0.0456 e. The van der Waals surface area contributed by atoms with Crippen molar-refractivity contribution >= 4 is 0 Å². The molecule has 0 aliphatic carbocycles. The third-order valence-corrected chi connectivity index (χ3v) is 2.99. The smallest absolute Gasteiger partial charge is 0.0456 e. The second-order valence-electron chi connectivity index (χ2n) is 4.42. The minimum Gasteiger partial charge on any atom is -0.396 e. The summed E-state index contributed by atoms with van der Waals surface area (Å²) in [5, 5.41) is 8.33. The molecular formula is C15H28O. The molecule has 94 valence electrons. The molecule has 0 aliphatic heterocycles. The molecule has 0 saturated carbocycles. The normalized spacial score (nSPS) is 13.6. The Balaban J connectivity index is 0. The molecule has 2 atom stereocenters. The molecule has 1 heteroatoms. The second-order valence-corrected chi connectivity index (χ2v) is 4.42. The van der Waals surface area contributed by atoms with Crippen molar-refractivity contribution in [3.8, 4) is 0 Å². The van der Waals surface area contributed by atoms with Crippen molar-refractivity contribution in [2.24, 2.45) is 5.92 Å². The molecule has 0 aromatic heterocycles. The number of hydrogen-bond acceptors (Lipinski definition) is 1. The SMILES string of the molecule is CCC(C)CO.CCC(C)c1ccccc1.[2HH]. The summed E-state index contributed by atoms with van der Waals surface area (Å²) < 4.78 is 0. The van der Waals surface area contributed by atoms with E-state index in [2.05, 4.69) is 51.1 Å². The predicted octanol–water partition coefficient (Wildman–Crippen LogP) is 4.47. The van der Waals surface area contributed by atoms with E-state index in [9.17, 15) is 0 Å². The van der Waals surface area contributed by atoms with Crippen LogP contribution in [0.1, 0.15) is 53.4 Å². The highest BCUT2D eigenvalue weighted by atomic mass is 16.3. The number of benzene rings is 1. The van der Waals surface area contributed by atoms with Crippen LogP contribution in [0, 0.1) is 5.92 Å². The Hall–Kier alpha value is -0.820. The average Bonchev–Trinajstić information content (AvgIpc) is 2.38. The van der Waals surface area contributed by atoms with E-state index in [0.29, 0.717) is 18.4 Å². The Morgan fingerprint density at radius 3 is 1.94 bits per heavy atom. The minimum absolute atomic E-state index is 0. The zero-order valence-electron chi connectivity index (χ0n) is 11.1. The molecule has 0 aliphatic rings. The van der Waals surface area contributed by atoms with E-state index in [1.165, 1.54) is 12.0 Å². The van der Waals surface area contributed by atoms with E-state index in [0.717, 1.165) is 6.42 Å². The summed E-state index contributed by atoms with van der Waals surface area (Å²) in [5.74, 6) is 1.20. The first-order valence-corrected chi connectivity index (χ1v) is 6.31. The van der Waals surface area contributed by atoms with Crippen LogP contribution in [0.15, 0.2) is 30.3 Å². The van der Waals surface area contributed by atoms with E-state index >= 15 is 0 Å². The van der Waals surface area contributed by atoms with E-state index < -0.39 is 0 Å². The summed E-state index contributed by atoms with van der Waals surface area (Å²) in [5.41, 5.74) is 1.45. The van der Waals surface area contributed by atoms with Crippen molar-refractivity contribution in [3.05, 3.63) is 35.9 Å². The third-order valence-electron chi connectivity index (χ3n) is 2.99. The molecule has 0 fully saturated rings. The van der Waals surface area contributed by atoms with Gasteiger partial charge in [-0.25, -0.2) is 0 Å². The molecule has 1 nitrogen and oxygen atoms in total. The fourth-order valence-corrected chi connectivity index (χ4v) is 1.15. The van der Waals surface area contributed by atoms with E-state index in [-0.39, 0.29) is 1.43 Å². The van der Waals surface area contributed by atoms with Gasteiger partial charge in [0.2, 0.25) is 0 Å². The van der Waals surface area contributed by atoms with Gasteiger partial charge in [-0.15, -0.1) is 0 Å². The van der Waals surface area contributed by atoms with Gasteiger partial charge in [0.25, 0.3) is 0 Å². The molecular weight excluding hydrogens is 196 g/mol. The first-order chi connectivity index (χ1) is 7.65. The first kappa shape index (κ1) is 15.2. The third kappa shape index (κ3) is 6.62. The zero-order chi connectivity index (χ0) is 12.4. The quantitative estimate of drug-likeness (QED) is 0.801. The fourth-order valence-electron chi connectivity index (χ4n) is 1.15. The van der Waals surface area contributed by atoms with Crippen LogP contribution in [0.5, 0.6) is 0 Å². The molecule has 1 aromatic rings. The lowest BCUT2D eigenvalue weighted by Crippen LogP contribution is -1.96. The highest BCUT2D eigenvalue weighted by Gasteiger charge is 1.98. The zero-order valence-corrected chi connectivity index (χ0v) is 11.1. The molecule has 1 N–H and O–H groups in total. The first-order valence-electron chi connectivity index (χ1n) is 6.31. The molecule has 0 saturated heterocycles. The van der Waals surface area contributed by atoms with Gasteiger partial charge in [0, 0.05) is 8.03 Å². The van der Waals surface area contributed by atoms with Gasteiger partial charge in [0.15, 0.2) is 0 Å². The van der Waals surface area contributed by atoms with Crippen LogP contribution in [-0.2, 0) is 0 Å². The number of rotatable bonds is 4. The summed E-state index contributed by atoms with van der Waals surface area (Å²) in [4.78, 5) is 0. The maximum atomic E-state index is 8.33. The summed E-state index contributed by atoms with van der Waals surface area (Å²) in [6, 6.07) is 10.6. The summed E-state index contributed by atoms with van der Waals surface area (Å²) >= 11 is 0. The van der Waals surface area contributed by atoms with Crippen LogP contribution < -0.4 is 0 Å². The molecule has 16 heavy (non-hydrogen) atoms. The number of hydrogen-bond donors (Lipinski definition) is 1. The molecule has 1 rings (SSSR count). The predicted molar refractivity (Wildman–Crippen MR) is 73.8 cm³/mol. The fraction of sp³-hybridized carbons (Fsp3) is 0.600. The molecule has 1 aromatic carbocycles. The van der Waals surface area contributed by atoms with Gasteiger partial charge in [-0.2, -0.15) is 0 Å². The topological polar surface area (TPSA) is 20.2 Å². The van der Waals surface area contributed by atoms with Crippen LogP contribution in [0.25, 0.3) is 0 Å². The highest BCUT2D eigenvalue weighted by molar-refractivity contribution is 5.18. The molecule has 0 bridgehead atoms. The summed E-state index contributed by atoms with van der Waals surface area (Å²) in [6.45, 7) is 8.91. The molecule has 0 heterocycles. The van der Waals surface area contributed by atoms with Crippen molar-refractivity contribution in [1.29, 1.82) is 0 Å². The van der Waals surface area contributed by atoms with Gasteiger partial charge >= 0.3 is 0 Å². The van der Waals surface area contributed by atoms with Gasteiger partial charge < -0.3 is 5.11 Å². The second kappa shape index (κ2) is 9.41. The summed E-state index contributed by atoms with van der Waals surface area (Å²) in [7, 11) is 0. The Morgan fingerprint density at radius 1 is 1.06 bits per heavy atom. The van der Waals surface area contributed by atoms with Gasteiger partial charge in [0.05, 0.1) is 0 Å². The molecule has 0 spiro atoms. The van der Waals surface area contributed by atoms with Gasteiger partial charge in [-0.3, -0.25) is 0 Å². The largest absolute Gasteiger partial charge is 0.396 e. The average molecular weight is 225 g/mol. The van der Waals surface area contributed by atoms with Crippen molar-refractivity contribution in [2.45, 2.75) is 46.5 Å². The van der Waals surface area contributed by atoms with E-state index in [1.54, 1.807) is 0 Å². The monoisotopic (exact) mass is 225 g/mol. The van der Waals surface area contributed by atoms with Crippen LogP contribution in [0.4, 0.5) is 0 Å². The van der Waals surface area contributed by atoms with Crippen LogP contribution in [0.3, 0.4) is 0 Å². The Bertz CT molecular complexity index is 244. The van der Waals surface area contributed by atoms with Crippen LogP contribution in [0.2, 0.25) is 0 Å². The van der Waals surface area contributed by atoms with Crippen LogP contribution >= 0.6 is 0 Å². The minimum atomic E-state index is 0. The van der Waals surface area contributed by atoms with Crippen LogP contribution in [-0.4, -0.2) is 11.7 Å². The van der Waals surface area contributed by atoms with Crippen molar-refractivity contribution in [3.63, 3.8) is 0 Å². The molecule has 0 radical (unpaired) electrons. The lowest BCUT2D eigenvalue weighted by Gasteiger charge is -2.06. The lowest BCUT2D eigenvalue weighted by atomic mass is 9.99. The van der Waals surface area contributed by atoms with Crippen molar-refractivity contribution in [1.82, 2.24) is 0 Å². The maximum absolute atomic E-state index is 8.33. The number of aliphatic hydroxyl groups excluding tert-OH is 1. The van der Waals surface area contributed by atoms with Crippen molar-refractivity contribution in [2.75, 3.05) is 6.61 Å². The van der Waals surface area contributed by atoms with Gasteiger partial charge in [-0.1, -0.05) is 64.4 Å². The molecule has 2 unspecified atom stereocenters. The van der Waals surface area contributed by atoms with Gasteiger partial charge in [0.1, 0.15) is 0 Å². The molecule has 0 amide bonds. The van der Waals surface area contributed by atoms with E-state index in [1.807, 2.05) is 6.92 Å². The van der Waals surface area contributed by atoms with Crippen molar-refractivity contribution < 1.29 is 6.53 Å². The highest BCUT2D eigenvalue weighted by Crippen LogP contribution is 2.16. The Morgan fingerprint density at radius 2 is 1.62 bits per heavy atom.